The van der Waals surface area contributed by atoms with Gasteiger partial charge in [-0.05, 0) is 17.5 Å². The van der Waals surface area contributed by atoms with Gasteiger partial charge in [-0.2, -0.15) is 0 Å². The summed E-state index contributed by atoms with van der Waals surface area (Å²) in [6, 6.07) is 4.96. The molecule has 2 heterocycles. The lowest BCUT2D eigenvalue weighted by molar-refractivity contribution is 0.296. The van der Waals surface area contributed by atoms with Crippen LogP contribution in [0, 0.1) is 0 Å². The second-order valence-corrected chi connectivity index (χ2v) is 6.53. The van der Waals surface area contributed by atoms with E-state index in [2.05, 4.69) is 9.97 Å². The molecule has 21 heavy (non-hydrogen) atoms. The maximum atomic E-state index is 6.10. The SMILES string of the molecule is Clc1cc(Cl)c(OCc2nc(Cl)c3ccsc3n2)cc1Cl. The molecule has 0 saturated heterocycles. The number of hydrogen-bond donors (Lipinski definition) is 0. The summed E-state index contributed by atoms with van der Waals surface area (Å²) in [4.78, 5) is 9.38. The van der Waals surface area contributed by atoms with Crippen molar-refractivity contribution in [3.63, 3.8) is 0 Å². The molecule has 8 heteroatoms. The fourth-order valence-corrected chi connectivity index (χ4v) is 3.36. The van der Waals surface area contributed by atoms with Gasteiger partial charge in [0.15, 0.2) is 5.82 Å². The summed E-state index contributed by atoms with van der Waals surface area (Å²) in [6.45, 7) is 0.130. The zero-order valence-electron chi connectivity index (χ0n) is 10.2. The van der Waals surface area contributed by atoms with Crippen LogP contribution in [0.15, 0.2) is 23.6 Å². The number of fused-ring (bicyclic) bond motifs is 1. The first-order chi connectivity index (χ1) is 10.0. The molecule has 0 fully saturated rings. The van der Waals surface area contributed by atoms with E-state index in [0.29, 0.717) is 31.8 Å². The second kappa shape index (κ2) is 6.15. The van der Waals surface area contributed by atoms with Gasteiger partial charge in [-0.3, -0.25) is 0 Å². The standard InChI is InChI=1S/C13H6Cl4N2OS/c14-7-3-9(16)10(4-8(7)15)20-5-11-18-12(17)6-1-2-21-13(6)19-11/h1-4H,5H2. The van der Waals surface area contributed by atoms with Gasteiger partial charge >= 0.3 is 0 Å². The minimum atomic E-state index is 0.130. The molecule has 0 radical (unpaired) electrons. The number of hydrogen-bond acceptors (Lipinski definition) is 4. The largest absolute Gasteiger partial charge is 0.484 e. The van der Waals surface area contributed by atoms with Gasteiger partial charge in [0, 0.05) is 11.5 Å². The van der Waals surface area contributed by atoms with Gasteiger partial charge in [0.05, 0.1) is 15.1 Å². The molecule has 3 nitrogen and oxygen atoms in total. The Morgan fingerprint density at radius 3 is 2.57 bits per heavy atom. The van der Waals surface area contributed by atoms with E-state index in [1.54, 1.807) is 6.07 Å². The highest BCUT2D eigenvalue weighted by molar-refractivity contribution is 7.16. The van der Waals surface area contributed by atoms with E-state index >= 15 is 0 Å². The molecule has 3 rings (SSSR count). The van der Waals surface area contributed by atoms with Gasteiger partial charge in [0.25, 0.3) is 0 Å². The van der Waals surface area contributed by atoms with Gasteiger partial charge in [-0.1, -0.05) is 46.4 Å². The van der Waals surface area contributed by atoms with Crippen LogP contribution in [0.2, 0.25) is 20.2 Å². The van der Waals surface area contributed by atoms with Gasteiger partial charge in [0.2, 0.25) is 0 Å². The molecule has 0 saturated carbocycles. The number of benzene rings is 1. The normalized spacial score (nSPS) is 11.0. The van der Waals surface area contributed by atoms with Gasteiger partial charge in [-0.15, -0.1) is 11.3 Å². The average Bonchev–Trinajstić information content (AvgIpc) is 2.90. The molecule has 0 unspecified atom stereocenters. The van der Waals surface area contributed by atoms with Crippen molar-refractivity contribution in [3.8, 4) is 5.75 Å². The van der Waals surface area contributed by atoms with Gasteiger partial charge < -0.3 is 4.74 Å². The lowest BCUT2D eigenvalue weighted by atomic mass is 10.3. The van der Waals surface area contributed by atoms with Crippen LogP contribution in [-0.2, 0) is 6.61 Å². The summed E-state index contributed by atoms with van der Waals surface area (Å²) in [6.07, 6.45) is 0. The van der Waals surface area contributed by atoms with Crippen LogP contribution in [0.25, 0.3) is 10.2 Å². The summed E-state index contributed by atoms with van der Waals surface area (Å²) in [7, 11) is 0. The van der Waals surface area contributed by atoms with Crippen LogP contribution in [0.5, 0.6) is 5.75 Å². The monoisotopic (exact) mass is 378 g/mol. The molecule has 0 atom stereocenters. The zero-order valence-corrected chi connectivity index (χ0v) is 14.1. The number of halogens is 4. The Bertz CT molecular complexity index is 821. The molecule has 0 spiro atoms. The smallest absolute Gasteiger partial charge is 0.169 e. The lowest BCUT2D eigenvalue weighted by Crippen LogP contribution is -2.02. The van der Waals surface area contributed by atoms with E-state index < -0.39 is 0 Å². The third-order valence-electron chi connectivity index (χ3n) is 2.66. The van der Waals surface area contributed by atoms with Crippen LogP contribution in [0.4, 0.5) is 0 Å². The van der Waals surface area contributed by atoms with Gasteiger partial charge in [0.1, 0.15) is 22.3 Å². The first-order valence-electron chi connectivity index (χ1n) is 5.71. The minimum Gasteiger partial charge on any atom is -0.484 e. The van der Waals surface area contributed by atoms with Crippen molar-refractivity contribution in [2.75, 3.05) is 0 Å². The van der Waals surface area contributed by atoms with Crippen LogP contribution < -0.4 is 4.74 Å². The zero-order chi connectivity index (χ0) is 15.0. The van der Waals surface area contributed by atoms with E-state index in [1.165, 1.54) is 17.4 Å². The molecule has 0 aliphatic rings. The fraction of sp³-hybridized carbons (Fsp3) is 0.0769. The van der Waals surface area contributed by atoms with Gasteiger partial charge in [-0.25, -0.2) is 9.97 Å². The Hall–Kier alpha value is -0.780. The molecule has 108 valence electrons. The summed E-state index contributed by atoms with van der Waals surface area (Å²) in [5.74, 6) is 0.883. The van der Waals surface area contributed by atoms with E-state index in [1.807, 2.05) is 11.4 Å². The van der Waals surface area contributed by atoms with Crippen molar-refractivity contribution in [3.05, 3.63) is 49.6 Å². The van der Waals surface area contributed by atoms with Crippen molar-refractivity contribution in [2.45, 2.75) is 6.61 Å². The third kappa shape index (κ3) is 3.20. The predicted molar refractivity (Wildman–Crippen MR) is 88.2 cm³/mol. The Morgan fingerprint density at radius 2 is 1.76 bits per heavy atom. The highest BCUT2D eigenvalue weighted by atomic mass is 35.5. The molecule has 0 N–H and O–H groups in total. The second-order valence-electron chi connectivity index (χ2n) is 4.06. The highest BCUT2D eigenvalue weighted by Gasteiger charge is 2.10. The van der Waals surface area contributed by atoms with Crippen molar-refractivity contribution in [1.82, 2.24) is 9.97 Å². The number of thiophene rings is 1. The van der Waals surface area contributed by atoms with Crippen molar-refractivity contribution < 1.29 is 4.74 Å². The Kier molecular flexibility index (Phi) is 4.43. The molecule has 0 bridgehead atoms. The van der Waals surface area contributed by atoms with E-state index in [-0.39, 0.29) is 6.61 Å². The number of rotatable bonds is 3. The average molecular weight is 380 g/mol. The summed E-state index contributed by atoms with van der Waals surface area (Å²) >= 11 is 25.4. The number of aromatic nitrogens is 2. The molecular formula is C13H6Cl4N2OS. The molecule has 0 aliphatic heterocycles. The predicted octanol–water partition coefficient (Wildman–Crippen LogP) is 5.88. The van der Waals surface area contributed by atoms with E-state index in [4.69, 9.17) is 51.1 Å². The Labute approximate surface area is 144 Å². The van der Waals surface area contributed by atoms with Crippen LogP contribution in [0.1, 0.15) is 5.82 Å². The minimum absolute atomic E-state index is 0.130. The fourth-order valence-electron chi connectivity index (χ4n) is 1.68. The van der Waals surface area contributed by atoms with Crippen molar-refractivity contribution in [2.24, 2.45) is 0 Å². The maximum absolute atomic E-state index is 6.10. The molecule has 0 amide bonds. The van der Waals surface area contributed by atoms with Crippen LogP contribution in [-0.4, -0.2) is 9.97 Å². The Balaban J connectivity index is 1.85. The number of ether oxygens (including phenoxy) is 1. The van der Waals surface area contributed by atoms with E-state index in [9.17, 15) is 0 Å². The van der Waals surface area contributed by atoms with Crippen molar-refractivity contribution >= 4 is 68.0 Å². The summed E-state index contributed by atoms with van der Waals surface area (Å²) in [5.41, 5.74) is 0. The molecular weight excluding hydrogens is 374 g/mol. The number of nitrogens with zero attached hydrogens (tertiary/aromatic N) is 2. The lowest BCUT2D eigenvalue weighted by Gasteiger charge is -2.09. The Morgan fingerprint density at radius 1 is 1.00 bits per heavy atom. The first-order valence-corrected chi connectivity index (χ1v) is 8.10. The van der Waals surface area contributed by atoms with Crippen LogP contribution in [0.3, 0.4) is 0 Å². The molecule has 1 aromatic carbocycles. The van der Waals surface area contributed by atoms with Crippen molar-refractivity contribution in [1.29, 1.82) is 0 Å². The first kappa shape index (κ1) is 15.1. The third-order valence-corrected chi connectivity index (χ3v) is 4.77. The quantitative estimate of drug-likeness (QED) is 0.420. The summed E-state index contributed by atoms with van der Waals surface area (Å²) in [5, 5.41) is 4.24. The molecule has 3 aromatic rings. The molecule has 2 aromatic heterocycles. The summed E-state index contributed by atoms with van der Waals surface area (Å²) < 4.78 is 5.59. The maximum Gasteiger partial charge on any atom is 0.169 e. The molecule has 0 aliphatic carbocycles. The topological polar surface area (TPSA) is 35.0 Å². The van der Waals surface area contributed by atoms with E-state index in [0.717, 1.165) is 10.2 Å². The van der Waals surface area contributed by atoms with Crippen LogP contribution >= 0.6 is 57.7 Å². The highest BCUT2D eigenvalue weighted by Crippen LogP contribution is 2.34.